The first-order valence-electron chi connectivity index (χ1n) is 10.8. The fourth-order valence-electron chi connectivity index (χ4n) is 3.74. The number of hydrogen-bond donors (Lipinski definition) is 3. The lowest BCUT2D eigenvalue weighted by Gasteiger charge is -2.16. The smallest absolute Gasteiger partial charge is 0.238 e. The topological polar surface area (TPSA) is 138 Å². The van der Waals surface area contributed by atoms with Gasteiger partial charge < -0.3 is 30.6 Å². The molecular formula is C24H27N7O4. The number of rotatable bonds is 8. The van der Waals surface area contributed by atoms with E-state index in [4.69, 9.17) is 30.0 Å². The SMILES string of the molecule is COc1cc(Nc2nc(-c3ccc(NC(=O)CN)cc3)nn3c(C)nc(C)c23)cc(OC)c1OC. The number of aromatic nitrogens is 4. The number of aryl methyl sites for hydroxylation is 2. The van der Waals surface area contributed by atoms with Crippen molar-refractivity contribution in [3.63, 3.8) is 0 Å². The van der Waals surface area contributed by atoms with E-state index < -0.39 is 0 Å². The number of carbonyl (C=O) groups is 1. The standard InChI is InChI=1S/C24H27N7O4/c1-13-21-24(28-17-10-18(33-3)22(35-5)19(11-17)34-4)29-23(30-31(21)14(2)26-13)15-6-8-16(9-7-15)27-20(32)12-25/h6-11H,12,25H2,1-5H3,(H,27,32)(H,28,29,30). The number of carbonyl (C=O) groups excluding carboxylic acids is 1. The van der Waals surface area contributed by atoms with E-state index in [1.165, 1.54) is 0 Å². The Labute approximate surface area is 202 Å². The molecule has 0 atom stereocenters. The van der Waals surface area contributed by atoms with Gasteiger partial charge >= 0.3 is 0 Å². The lowest BCUT2D eigenvalue weighted by molar-refractivity contribution is -0.114. The first kappa shape index (κ1) is 23.8. The predicted molar refractivity (Wildman–Crippen MR) is 133 cm³/mol. The molecule has 35 heavy (non-hydrogen) atoms. The molecule has 0 aliphatic heterocycles. The Bertz CT molecular complexity index is 1360. The summed E-state index contributed by atoms with van der Waals surface area (Å²) in [6.07, 6.45) is 0. The van der Waals surface area contributed by atoms with E-state index in [0.717, 1.165) is 22.6 Å². The maximum Gasteiger partial charge on any atom is 0.238 e. The minimum absolute atomic E-state index is 0.0866. The average molecular weight is 478 g/mol. The number of imidazole rings is 1. The molecule has 1 amide bonds. The number of fused-ring (bicyclic) bond motifs is 1. The van der Waals surface area contributed by atoms with Crippen molar-refractivity contribution >= 4 is 28.6 Å². The Hall–Kier alpha value is -4.38. The predicted octanol–water partition coefficient (Wildman–Crippen LogP) is 3.07. The van der Waals surface area contributed by atoms with Gasteiger partial charge in [-0.2, -0.15) is 0 Å². The number of hydrogen-bond acceptors (Lipinski definition) is 9. The second-order valence-corrected chi connectivity index (χ2v) is 7.66. The highest BCUT2D eigenvalue weighted by molar-refractivity contribution is 5.92. The summed E-state index contributed by atoms with van der Waals surface area (Å²) in [5.74, 6) is 3.00. The van der Waals surface area contributed by atoms with Gasteiger partial charge in [0.2, 0.25) is 11.7 Å². The van der Waals surface area contributed by atoms with Gasteiger partial charge in [-0.05, 0) is 38.1 Å². The van der Waals surface area contributed by atoms with Crippen molar-refractivity contribution in [2.24, 2.45) is 5.73 Å². The number of methoxy groups -OCH3 is 3. The van der Waals surface area contributed by atoms with Gasteiger partial charge in [-0.3, -0.25) is 4.79 Å². The number of nitrogens with one attached hydrogen (secondary N) is 2. The zero-order valence-corrected chi connectivity index (χ0v) is 20.2. The molecule has 0 aliphatic carbocycles. The van der Waals surface area contributed by atoms with Crippen molar-refractivity contribution in [3.8, 4) is 28.6 Å². The van der Waals surface area contributed by atoms with E-state index in [9.17, 15) is 4.79 Å². The van der Waals surface area contributed by atoms with Crippen molar-refractivity contribution in [2.75, 3.05) is 38.5 Å². The van der Waals surface area contributed by atoms with Crippen LogP contribution in [0.25, 0.3) is 16.9 Å². The average Bonchev–Trinajstić information content (AvgIpc) is 3.16. The van der Waals surface area contributed by atoms with Crippen LogP contribution in [0.5, 0.6) is 17.2 Å². The summed E-state index contributed by atoms with van der Waals surface area (Å²) < 4.78 is 18.1. The first-order chi connectivity index (χ1) is 16.9. The quantitative estimate of drug-likeness (QED) is 0.349. The molecule has 0 unspecified atom stereocenters. The van der Waals surface area contributed by atoms with Crippen molar-refractivity contribution < 1.29 is 19.0 Å². The van der Waals surface area contributed by atoms with Gasteiger partial charge in [-0.25, -0.2) is 14.5 Å². The molecule has 2 aromatic carbocycles. The Balaban J connectivity index is 1.79. The van der Waals surface area contributed by atoms with Crippen LogP contribution in [0, 0.1) is 13.8 Å². The van der Waals surface area contributed by atoms with Gasteiger partial charge in [0.25, 0.3) is 0 Å². The van der Waals surface area contributed by atoms with Crippen molar-refractivity contribution in [1.29, 1.82) is 0 Å². The van der Waals surface area contributed by atoms with Crippen molar-refractivity contribution in [1.82, 2.24) is 19.6 Å². The van der Waals surface area contributed by atoms with E-state index in [1.54, 1.807) is 50.1 Å². The number of anilines is 3. The van der Waals surface area contributed by atoms with Crippen LogP contribution in [0.4, 0.5) is 17.2 Å². The molecule has 11 nitrogen and oxygen atoms in total. The van der Waals surface area contributed by atoms with E-state index in [-0.39, 0.29) is 12.5 Å². The Morgan fingerprint density at radius 2 is 1.63 bits per heavy atom. The molecule has 0 saturated heterocycles. The maximum absolute atomic E-state index is 11.6. The minimum Gasteiger partial charge on any atom is -0.493 e. The minimum atomic E-state index is -0.267. The van der Waals surface area contributed by atoms with Crippen LogP contribution in [-0.2, 0) is 4.79 Å². The molecule has 0 radical (unpaired) electrons. The lowest BCUT2D eigenvalue weighted by atomic mass is 10.2. The van der Waals surface area contributed by atoms with Gasteiger partial charge in [0, 0.05) is 29.1 Å². The molecule has 182 valence electrons. The highest BCUT2D eigenvalue weighted by Crippen LogP contribution is 2.41. The molecule has 11 heteroatoms. The van der Waals surface area contributed by atoms with E-state index >= 15 is 0 Å². The zero-order valence-electron chi connectivity index (χ0n) is 20.2. The van der Waals surface area contributed by atoms with Gasteiger partial charge in [0.15, 0.2) is 23.1 Å². The molecule has 4 aromatic rings. The Morgan fingerprint density at radius 3 is 2.20 bits per heavy atom. The van der Waals surface area contributed by atoms with Crippen LogP contribution >= 0.6 is 0 Å². The third kappa shape index (κ3) is 4.66. The molecule has 2 heterocycles. The Morgan fingerprint density at radius 1 is 0.971 bits per heavy atom. The molecule has 0 aliphatic rings. The molecule has 0 bridgehead atoms. The van der Waals surface area contributed by atoms with E-state index in [1.807, 2.05) is 26.0 Å². The molecule has 0 saturated carbocycles. The van der Waals surface area contributed by atoms with Crippen LogP contribution in [-0.4, -0.2) is 53.4 Å². The van der Waals surface area contributed by atoms with Crippen LogP contribution in [0.15, 0.2) is 36.4 Å². The number of ether oxygens (including phenoxy) is 3. The third-order valence-electron chi connectivity index (χ3n) is 5.37. The molecule has 4 N–H and O–H groups in total. The number of amides is 1. The van der Waals surface area contributed by atoms with Crippen LogP contribution in [0.3, 0.4) is 0 Å². The van der Waals surface area contributed by atoms with Crippen molar-refractivity contribution in [2.45, 2.75) is 13.8 Å². The number of benzene rings is 2. The highest BCUT2D eigenvalue weighted by Gasteiger charge is 2.18. The molecule has 0 spiro atoms. The second-order valence-electron chi connectivity index (χ2n) is 7.66. The number of nitrogens with zero attached hydrogens (tertiary/aromatic N) is 4. The molecular weight excluding hydrogens is 450 g/mol. The second kappa shape index (κ2) is 9.85. The van der Waals surface area contributed by atoms with Crippen LogP contribution < -0.4 is 30.6 Å². The molecule has 4 rings (SSSR count). The number of nitrogens with two attached hydrogens (primary N) is 1. The summed E-state index contributed by atoms with van der Waals surface area (Å²) in [6.45, 7) is 3.70. The summed E-state index contributed by atoms with van der Waals surface area (Å²) in [5, 5.41) is 10.8. The van der Waals surface area contributed by atoms with E-state index in [2.05, 4.69) is 15.6 Å². The Kier molecular flexibility index (Phi) is 6.69. The van der Waals surface area contributed by atoms with Crippen LogP contribution in [0.1, 0.15) is 11.5 Å². The highest BCUT2D eigenvalue weighted by atomic mass is 16.5. The first-order valence-corrected chi connectivity index (χ1v) is 10.8. The van der Waals surface area contributed by atoms with Crippen molar-refractivity contribution in [3.05, 3.63) is 47.9 Å². The summed E-state index contributed by atoms with van der Waals surface area (Å²) >= 11 is 0. The summed E-state index contributed by atoms with van der Waals surface area (Å²) in [6, 6.07) is 10.8. The van der Waals surface area contributed by atoms with Gasteiger partial charge in [-0.15, -0.1) is 5.10 Å². The summed E-state index contributed by atoms with van der Waals surface area (Å²) in [4.78, 5) is 20.9. The largest absolute Gasteiger partial charge is 0.493 e. The zero-order chi connectivity index (χ0) is 25.1. The van der Waals surface area contributed by atoms with Gasteiger partial charge in [0.1, 0.15) is 11.3 Å². The normalized spacial score (nSPS) is 10.8. The molecule has 2 aromatic heterocycles. The van der Waals surface area contributed by atoms with E-state index in [0.29, 0.717) is 40.3 Å². The maximum atomic E-state index is 11.6. The summed E-state index contributed by atoms with van der Waals surface area (Å²) in [7, 11) is 4.68. The third-order valence-corrected chi connectivity index (χ3v) is 5.37. The van der Waals surface area contributed by atoms with Gasteiger partial charge in [-0.1, -0.05) is 0 Å². The fourth-order valence-corrected chi connectivity index (χ4v) is 3.74. The monoisotopic (exact) mass is 477 g/mol. The summed E-state index contributed by atoms with van der Waals surface area (Å²) in [5.41, 5.74) is 8.98. The molecule has 0 fully saturated rings. The fraction of sp³-hybridized carbons (Fsp3) is 0.250. The van der Waals surface area contributed by atoms with Gasteiger partial charge in [0.05, 0.1) is 33.6 Å². The lowest BCUT2D eigenvalue weighted by Crippen LogP contribution is -2.21. The van der Waals surface area contributed by atoms with Crippen LogP contribution in [0.2, 0.25) is 0 Å².